The Hall–Kier alpha value is -2.50. The van der Waals surface area contributed by atoms with Crippen molar-refractivity contribution in [2.75, 3.05) is 32.1 Å². The van der Waals surface area contributed by atoms with E-state index in [1.807, 2.05) is 55.4 Å². The normalized spacial score (nSPS) is 11.6. The summed E-state index contributed by atoms with van der Waals surface area (Å²) in [7, 11) is 4.09. The average molecular weight is 394 g/mol. The number of nitrogens with zero attached hydrogens (tertiary/aromatic N) is 3. The van der Waals surface area contributed by atoms with Crippen LogP contribution in [0.4, 0.5) is 5.13 Å². The number of carbonyl (C=O) groups excluding carboxylic acids is 1. The number of hydrogen-bond donors (Lipinski definition) is 0. The van der Waals surface area contributed by atoms with Crippen LogP contribution < -0.4 is 4.90 Å². The van der Waals surface area contributed by atoms with Crippen LogP contribution in [-0.2, 0) is 4.79 Å². The number of carbonyl (C=O) groups is 1. The van der Waals surface area contributed by atoms with Crippen molar-refractivity contribution >= 4 is 38.7 Å². The molecule has 0 aliphatic heterocycles. The molecule has 5 heteroatoms. The quantitative estimate of drug-likeness (QED) is 0.535. The van der Waals surface area contributed by atoms with Gasteiger partial charge in [-0.25, -0.2) is 4.98 Å². The standard InChI is InChI=1S/C23H27N3OS/c1-17-15-18(2)22-20(16-17)24-23(28-22)26(14-8-13-25(3)4)21(27)12-11-19-9-6-5-7-10-19/h5-7,9-12,15-16H,8,13-14H2,1-4H3. The van der Waals surface area contributed by atoms with Gasteiger partial charge in [0.1, 0.15) is 0 Å². The van der Waals surface area contributed by atoms with Gasteiger partial charge in [-0.2, -0.15) is 0 Å². The lowest BCUT2D eigenvalue weighted by molar-refractivity contribution is -0.114. The van der Waals surface area contributed by atoms with Crippen LogP contribution in [0.5, 0.6) is 0 Å². The van der Waals surface area contributed by atoms with Gasteiger partial charge in [-0.1, -0.05) is 47.7 Å². The highest BCUT2D eigenvalue weighted by molar-refractivity contribution is 7.22. The number of fused-ring (bicyclic) bond motifs is 1. The molecule has 0 saturated carbocycles. The number of rotatable bonds is 7. The van der Waals surface area contributed by atoms with Gasteiger partial charge in [-0.15, -0.1) is 0 Å². The van der Waals surface area contributed by atoms with E-state index in [0.29, 0.717) is 6.54 Å². The summed E-state index contributed by atoms with van der Waals surface area (Å²) in [6, 6.07) is 14.1. The molecule has 0 aliphatic rings. The molecule has 3 rings (SSSR count). The Morgan fingerprint density at radius 1 is 1.11 bits per heavy atom. The van der Waals surface area contributed by atoms with E-state index in [9.17, 15) is 4.79 Å². The number of benzene rings is 2. The molecular formula is C23H27N3OS. The number of aryl methyl sites for hydroxylation is 2. The third-order valence-corrected chi connectivity index (χ3v) is 5.74. The molecule has 0 spiro atoms. The molecule has 3 aromatic rings. The Labute approximate surface area is 171 Å². The second-order valence-electron chi connectivity index (χ2n) is 7.32. The summed E-state index contributed by atoms with van der Waals surface area (Å²) in [6.07, 6.45) is 4.41. The molecule has 0 bridgehead atoms. The van der Waals surface area contributed by atoms with E-state index >= 15 is 0 Å². The zero-order chi connectivity index (χ0) is 20.1. The Bertz CT molecular complexity index is 976. The highest BCUT2D eigenvalue weighted by Gasteiger charge is 2.18. The predicted molar refractivity (Wildman–Crippen MR) is 120 cm³/mol. The molecule has 2 aromatic carbocycles. The van der Waals surface area contributed by atoms with Crippen molar-refractivity contribution < 1.29 is 4.79 Å². The number of hydrogen-bond acceptors (Lipinski definition) is 4. The number of anilines is 1. The maximum atomic E-state index is 13.0. The van der Waals surface area contributed by atoms with E-state index in [1.165, 1.54) is 11.1 Å². The molecule has 0 atom stereocenters. The monoisotopic (exact) mass is 393 g/mol. The van der Waals surface area contributed by atoms with Crippen LogP contribution in [-0.4, -0.2) is 43.0 Å². The van der Waals surface area contributed by atoms with E-state index in [0.717, 1.165) is 33.9 Å². The lowest BCUT2D eigenvalue weighted by atomic mass is 10.1. The maximum absolute atomic E-state index is 13.0. The van der Waals surface area contributed by atoms with Crippen molar-refractivity contribution in [3.8, 4) is 0 Å². The first-order valence-corrected chi connectivity index (χ1v) is 10.3. The lowest BCUT2D eigenvalue weighted by Gasteiger charge is -2.19. The zero-order valence-electron chi connectivity index (χ0n) is 17.0. The van der Waals surface area contributed by atoms with Gasteiger partial charge in [0.25, 0.3) is 5.91 Å². The fourth-order valence-corrected chi connectivity index (χ4v) is 4.19. The second kappa shape index (κ2) is 9.13. The van der Waals surface area contributed by atoms with Crippen LogP contribution in [0.15, 0.2) is 48.5 Å². The molecular weight excluding hydrogens is 366 g/mol. The zero-order valence-corrected chi connectivity index (χ0v) is 17.8. The minimum Gasteiger partial charge on any atom is -0.309 e. The topological polar surface area (TPSA) is 36.4 Å². The van der Waals surface area contributed by atoms with Gasteiger partial charge >= 0.3 is 0 Å². The van der Waals surface area contributed by atoms with Crippen molar-refractivity contribution in [3.63, 3.8) is 0 Å². The van der Waals surface area contributed by atoms with Crippen LogP contribution in [0.25, 0.3) is 16.3 Å². The Morgan fingerprint density at radius 2 is 1.86 bits per heavy atom. The fraction of sp³-hybridized carbons (Fsp3) is 0.304. The summed E-state index contributed by atoms with van der Waals surface area (Å²) in [5.41, 5.74) is 4.38. The third kappa shape index (κ3) is 5.06. The molecule has 1 amide bonds. The third-order valence-electron chi connectivity index (χ3n) is 4.51. The smallest absolute Gasteiger partial charge is 0.252 e. The van der Waals surface area contributed by atoms with Crippen molar-refractivity contribution in [3.05, 3.63) is 65.2 Å². The van der Waals surface area contributed by atoms with E-state index < -0.39 is 0 Å². The van der Waals surface area contributed by atoms with Crippen molar-refractivity contribution in [2.45, 2.75) is 20.3 Å². The van der Waals surface area contributed by atoms with Gasteiger partial charge in [0.2, 0.25) is 0 Å². The van der Waals surface area contributed by atoms with Crippen LogP contribution in [0.1, 0.15) is 23.1 Å². The first-order chi connectivity index (χ1) is 13.4. The van der Waals surface area contributed by atoms with E-state index in [1.54, 1.807) is 17.4 Å². The van der Waals surface area contributed by atoms with E-state index in [4.69, 9.17) is 4.98 Å². The highest BCUT2D eigenvalue weighted by Crippen LogP contribution is 2.32. The Morgan fingerprint density at radius 3 is 2.57 bits per heavy atom. The maximum Gasteiger partial charge on any atom is 0.252 e. The van der Waals surface area contributed by atoms with E-state index in [2.05, 4.69) is 30.9 Å². The number of thiazole rings is 1. The van der Waals surface area contributed by atoms with Crippen molar-refractivity contribution in [2.24, 2.45) is 0 Å². The Kier molecular flexibility index (Phi) is 6.60. The lowest BCUT2D eigenvalue weighted by Crippen LogP contribution is -2.32. The second-order valence-corrected chi connectivity index (χ2v) is 8.29. The van der Waals surface area contributed by atoms with Gasteiger partial charge < -0.3 is 4.90 Å². The molecule has 0 unspecified atom stereocenters. The van der Waals surface area contributed by atoms with E-state index in [-0.39, 0.29) is 5.91 Å². The largest absolute Gasteiger partial charge is 0.309 e. The van der Waals surface area contributed by atoms with Crippen LogP contribution in [0, 0.1) is 13.8 Å². The summed E-state index contributed by atoms with van der Waals surface area (Å²) >= 11 is 1.60. The van der Waals surface area contributed by atoms with Crippen molar-refractivity contribution in [1.82, 2.24) is 9.88 Å². The number of amides is 1. The first-order valence-electron chi connectivity index (χ1n) is 9.51. The van der Waals surface area contributed by atoms with Gasteiger partial charge in [0, 0.05) is 12.6 Å². The van der Waals surface area contributed by atoms with Gasteiger partial charge in [-0.3, -0.25) is 9.69 Å². The first kappa shape index (κ1) is 20.2. The molecule has 0 aliphatic carbocycles. The van der Waals surface area contributed by atoms with Crippen LogP contribution in [0.3, 0.4) is 0 Å². The molecule has 1 heterocycles. The van der Waals surface area contributed by atoms with Gasteiger partial charge in [-0.05, 0) is 69.7 Å². The minimum absolute atomic E-state index is 0.0314. The SMILES string of the molecule is Cc1cc(C)c2sc(N(CCCN(C)C)C(=O)C=Cc3ccccc3)nc2c1. The summed E-state index contributed by atoms with van der Waals surface area (Å²) in [4.78, 5) is 21.7. The highest BCUT2D eigenvalue weighted by atomic mass is 32.1. The average Bonchev–Trinajstić information content (AvgIpc) is 3.08. The minimum atomic E-state index is -0.0314. The van der Waals surface area contributed by atoms with Gasteiger partial charge in [0.15, 0.2) is 5.13 Å². The molecule has 0 radical (unpaired) electrons. The summed E-state index contributed by atoms with van der Waals surface area (Å²) in [6.45, 7) is 5.75. The molecule has 146 valence electrons. The predicted octanol–water partition coefficient (Wildman–Crippen LogP) is 4.91. The number of aromatic nitrogens is 1. The fourth-order valence-electron chi connectivity index (χ4n) is 3.15. The van der Waals surface area contributed by atoms with Crippen molar-refractivity contribution in [1.29, 1.82) is 0 Å². The summed E-state index contributed by atoms with van der Waals surface area (Å²) < 4.78 is 1.15. The summed E-state index contributed by atoms with van der Waals surface area (Å²) in [5, 5.41) is 0.769. The van der Waals surface area contributed by atoms with Crippen LogP contribution >= 0.6 is 11.3 Å². The molecule has 0 fully saturated rings. The Balaban J connectivity index is 1.89. The molecule has 0 saturated heterocycles. The molecule has 1 aromatic heterocycles. The van der Waals surface area contributed by atoms with Gasteiger partial charge in [0.05, 0.1) is 10.2 Å². The molecule has 28 heavy (non-hydrogen) atoms. The van der Waals surface area contributed by atoms with Crippen LogP contribution in [0.2, 0.25) is 0 Å². The molecule has 4 nitrogen and oxygen atoms in total. The molecule has 0 N–H and O–H groups in total. The summed E-state index contributed by atoms with van der Waals surface area (Å²) in [5.74, 6) is -0.0314.